The molecule has 0 aliphatic heterocycles. The molecule has 0 aliphatic rings. The van der Waals surface area contributed by atoms with E-state index >= 15 is 0 Å². The van der Waals surface area contributed by atoms with E-state index in [9.17, 15) is 14.4 Å². The molecule has 0 bridgehead atoms. The molecule has 2 aromatic carbocycles. The van der Waals surface area contributed by atoms with E-state index in [1.807, 2.05) is 36.4 Å². The first-order chi connectivity index (χ1) is 16.8. The Morgan fingerprint density at radius 2 is 1.60 bits per heavy atom. The number of guanidine groups is 1. The molecule has 0 saturated heterocycles. The lowest BCUT2D eigenvalue weighted by molar-refractivity contribution is -0.123. The van der Waals surface area contributed by atoms with Crippen LogP contribution in [0.1, 0.15) is 34.3 Å². The third kappa shape index (κ3) is 7.49. The molecule has 10 N–H and O–H groups in total. The predicted octanol–water partition coefficient (Wildman–Crippen LogP) is 0.805. The third-order valence-electron chi connectivity index (χ3n) is 5.36. The number of carbonyl (C=O) groups is 3. The third-order valence-corrected chi connectivity index (χ3v) is 5.36. The number of nitrogens with two attached hydrogens (primary N) is 3. The van der Waals surface area contributed by atoms with Gasteiger partial charge < -0.3 is 38.1 Å². The standard InChI is InChI=1S/C24H30N8O3/c25-23(26)29-11-2-5-20(32-21(33)18-3-1-4-19-17(18)10-12-28-19)22(34)30-13-15-6-8-16(9-7-15)14-31-24(27)35/h1,3-4,6-10,12,20,28H,2,5,11,13-14H2,(H,30,34)(H,32,33)(H4,25,26,29)(H3,27,31,35)/t20-/m1/s1. The van der Waals surface area contributed by atoms with Crippen molar-refractivity contribution < 1.29 is 14.4 Å². The number of fused-ring (bicyclic) bond motifs is 1. The van der Waals surface area contributed by atoms with Crippen LogP contribution >= 0.6 is 0 Å². The SMILES string of the molecule is NC(=O)NCc1ccc(CNC(=O)[C@@H](CCCN=C(N)N)NC(=O)c2cccc3[nH]ccc23)cc1. The Morgan fingerprint density at radius 1 is 0.914 bits per heavy atom. The van der Waals surface area contributed by atoms with Crippen molar-refractivity contribution in [2.45, 2.75) is 32.0 Å². The van der Waals surface area contributed by atoms with Gasteiger partial charge in [0.05, 0.1) is 0 Å². The fourth-order valence-corrected chi connectivity index (χ4v) is 3.57. The maximum absolute atomic E-state index is 13.0. The average molecular weight is 479 g/mol. The van der Waals surface area contributed by atoms with E-state index in [0.29, 0.717) is 31.5 Å². The molecule has 0 aliphatic carbocycles. The van der Waals surface area contributed by atoms with E-state index < -0.39 is 12.1 Å². The highest BCUT2D eigenvalue weighted by molar-refractivity contribution is 6.07. The summed E-state index contributed by atoms with van der Waals surface area (Å²) in [6, 6.07) is 13.2. The molecule has 0 radical (unpaired) electrons. The lowest BCUT2D eigenvalue weighted by Gasteiger charge is -2.19. The fraction of sp³-hybridized carbons (Fsp3) is 0.250. The van der Waals surface area contributed by atoms with Gasteiger partial charge in [-0.2, -0.15) is 0 Å². The molecule has 4 amide bonds. The number of amides is 4. The lowest BCUT2D eigenvalue weighted by atomic mass is 10.1. The Hall–Kier alpha value is -4.54. The molecule has 11 heteroatoms. The highest BCUT2D eigenvalue weighted by Crippen LogP contribution is 2.17. The van der Waals surface area contributed by atoms with Crippen molar-refractivity contribution in [1.29, 1.82) is 0 Å². The minimum atomic E-state index is -0.773. The van der Waals surface area contributed by atoms with Crippen molar-refractivity contribution in [3.05, 3.63) is 71.4 Å². The smallest absolute Gasteiger partial charge is 0.312 e. The van der Waals surface area contributed by atoms with E-state index in [1.54, 1.807) is 18.3 Å². The summed E-state index contributed by atoms with van der Waals surface area (Å²) in [5.74, 6) is -0.684. The van der Waals surface area contributed by atoms with Gasteiger partial charge in [0.2, 0.25) is 5.91 Å². The molecule has 184 valence electrons. The molecule has 1 atom stereocenters. The Balaban J connectivity index is 1.64. The molecule has 35 heavy (non-hydrogen) atoms. The van der Waals surface area contributed by atoms with Gasteiger partial charge in [0.25, 0.3) is 5.91 Å². The fourth-order valence-electron chi connectivity index (χ4n) is 3.57. The molecule has 0 saturated carbocycles. The molecule has 11 nitrogen and oxygen atoms in total. The van der Waals surface area contributed by atoms with Gasteiger partial charge in [0.15, 0.2) is 5.96 Å². The zero-order valence-electron chi connectivity index (χ0n) is 19.2. The molecule has 0 spiro atoms. The van der Waals surface area contributed by atoms with Gasteiger partial charge in [-0.15, -0.1) is 0 Å². The summed E-state index contributed by atoms with van der Waals surface area (Å²) in [5, 5.41) is 9.02. The maximum atomic E-state index is 13.0. The van der Waals surface area contributed by atoms with Crippen molar-refractivity contribution in [2.24, 2.45) is 22.2 Å². The van der Waals surface area contributed by atoms with Gasteiger partial charge in [-0.05, 0) is 42.2 Å². The van der Waals surface area contributed by atoms with Crippen molar-refractivity contribution in [3.63, 3.8) is 0 Å². The number of rotatable bonds is 11. The second kappa shape index (κ2) is 12.1. The van der Waals surface area contributed by atoms with Crippen LogP contribution in [0.4, 0.5) is 4.79 Å². The molecule has 1 heterocycles. The molecule has 1 aromatic heterocycles. The number of primary amides is 1. The Kier molecular flexibility index (Phi) is 8.65. The van der Waals surface area contributed by atoms with E-state index in [1.165, 1.54) is 0 Å². The number of aromatic nitrogens is 1. The van der Waals surface area contributed by atoms with Gasteiger partial charge in [-0.25, -0.2) is 4.79 Å². The van der Waals surface area contributed by atoms with Crippen molar-refractivity contribution in [3.8, 4) is 0 Å². The Morgan fingerprint density at radius 3 is 2.26 bits per heavy atom. The van der Waals surface area contributed by atoms with E-state index in [-0.39, 0.29) is 24.3 Å². The van der Waals surface area contributed by atoms with E-state index in [4.69, 9.17) is 17.2 Å². The van der Waals surface area contributed by atoms with Crippen LogP contribution in [0, 0.1) is 0 Å². The van der Waals surface area contributed by atoms with Crippen LogP contribution in [-0.2, 0) is 17.9 Å². The monoisotopic (exact) mass is 478 g/mol. The summed E-state index contributed by atoms with van der Waals surface area (Å²) >= 11 is 0. The number of hydrogen-bond donors (Lipinski definition) is 7. The summed E-state index contributed by atoms with van der Waals surface area (Å²) in [4.78, 5) is 43.9. The van der Waals surface area contributed by atoms with Gasteiger partial charge >= 0.3 is 6.03 Å². The number of H-pyrrole nitrogens is 1. The number of carbonyl (C=O) groups excluding carboxylic acids is 3. The van der Waals surface area contributed by atoms with Crippen LogP contribution in [0.15, 0.2) is 59.7 Å². The van der Waals surface area contributed by atoms with Gasteiger partial charge in [0, 0.05) is 42.3 Å². The summed E-state index contributed by atoms with van der Waals surface area (Å²) in [5.41, 5.74) is 18.9. The number of urea groups is 1. The second-order valence-corrected chi connectivity index (χ2v) is 7.97. The molecular weight excluding hydrogens is 448 g/mol. The van der Waals surface area contributed by atoms with Gasteiger partial charge in [-0.3, -0.25) is 14.6 Å². The van der Waals surface area contributed by atoms with Crippen LogP contribution in [0.5, 0.6) is 0 Å². The highest BCUT2D eigenvalue weighted by Gasteiger charge is 2.22. The summed E-state index contributed by atoms with van der Waals surface area (Å²) in [6.07, 6.45) is 2.62. The number of nitrogens with one attached hydrogen (secondary N) is 4. The number of aliphatic imine (C=N–C) groups is 1. The number of aromatic amines is 1. The molecule has 0 unspecified atom stereocenters. The summed E-state index contributed by atoms with van der Waals surface area (Å²) < 4.78 is 0. The predicted molar refractivity (Wildman–Crippen MR) is 134 cm³/mol. The van der Waals surface area contributed by atoms with Gasteiger partial charge in [0.1, 0.15) is 6.04 Å². The van der Waals surface area contributed by atoms with Crippen LogP contribution in [0.2, 0.25) is 0 Å². The zero-order chi connectivity index (χ0) is 25.2. The van der Waals surface area contributed by atoms with Crippen LogP contribution in [-0.4, -0.2) is 41.4 Å². The van der Waals surface area contributed by atoms with E-state index in [2.05, 4.69) is 25.9 Å². The largest absolute Gasteiger partial charge is 0.370 e. The quantitative estimate of drug-likeness (QED) is 0.121. The van der Waals surface area contributed by atoms with Crippen molar-refractivity contribution >= 4 is 34.7 Å². The number of nitrogens with zero attached hydrogens (tertiary/aromatic N) is 1. The van der Waals surface area contributed by atoms with Gasteiger partial charge in [-0.1, -0.05) is 30.3 Å². The first-order valence-electron chi connectivity index (χ1n) is 11.1. The first-order valence-corrected chi connectivity index (χ1v) is 11.1. The normalized spacial score (nSPS) is 11.4. The average Bonchev–Trinajstić information content (AvgIpc) is 3.32. The van der Waals surface area contributed by atoms with Crippen LogP contribution < -0.4 is 33.2 Å². The second-order valence-electron chi connectivity index (χ2n) is 7.97. The minimum absolute atomic E-state index is 0.0244. The summed E-state index contributed by atoms with van der Waals surface area (Å²) in [6.45, 7) is 0.936. The van der Waals surface area contributed by atoms with Crippen LogP contribution in [0.3, 0.4) is 0 Å². The van der Waals surface area contributed by atoms with E-state index in [0.717, 1.165) is 22.0 Å². The van der Waals surface area contributed by atoms with Crippen LogP contribution in [0.25, 0.3) is 10.9 Å². The first kappa shape index (κ1) is 25.1. The maximum Gasteiger partial charge on any atom is 0.312 e. The summed E-state index contributed by atoms with van der Waals surface area (Å²) in [7, 11) is 0. The topological polar surface area (TPSA) is 194 Å². The Labute approximate surface area is 202 Å². The lowest BCUT2D eigenvalue weighted by Crippen LogP contribution is -2.46. The van der Waals surface area contributed by atoms with Crippen molar-refractivity contribution in [2.75, 3.05) is 6.54 Å². The molecular formula is C24H30N8O3. The molecule has 0 fully saturated rings. The van der Waals surface area contributed by atoms with Crippen molar-refractivity contribution in [1.82, 2.24) is 20.9 Å². The number of hydrogen-bond acceptors (Lipinski definition) is 4. The molecule has 3 rings (SSSR count). The zero-order valence-corrected chi connectivity index (χ0v) is 19.2. The Bertz CT molecular complexity index is 1200. The molecule has 3 aromatic rings. The highest BCUT2D eigenvalue weighted by atomic mass is 16.2. The minimum Gasteiger partial charge on any atom is -0.370 e. The number of benzene rings is 2.